The molecule has 1 atom stereocenters. The van der Waals surface area contributed by atoms with E-state index < -0.39 is 0 Å². The molecule has 0 radical (unpaired) electrons. The van der Waals surface area contributed by atoms with Crippen LogP contribution < -0.4 is 10.1 Å². The third-order valence-electron chi connectivity index (χ3n) is 6.26. The van der Waals surface area contributed by atoms with Gasteiger partial charge in [0, 0.05) is 29.6 Å². The highest BCUT2D eigenvalue weighted by atomic mass is 16.5. The molecule has 0 aliphatic carbocycles. The number of fused-ring (bicyclic) bond motifs is 1. The fourth-order valence-electron chi connectivity index (χ4n) is 4.32. The van der Waals surface area contributed by atoms with Crippen LogP contribution in [0.25, 0.3) is 10.9 Å². The van der Waals surface area contributed by atoms with Gasteiger partial charge in [0.2, 0.25) is 5.91 Å². The molecular formula is C25H31N3O2. The normalized spacial score (nSPS) is 16.5. The Bertz CT molecular complexity index is 971. The number of nitrogens with zero attached hydrogens (tertiary/aromatic N) is 1. The van der Waals surface area contributed by atoms with E-state index in [-0.39, 0.29) is 11.8 Å². The van der Waals surface area contributed by atoms with Gasteiger partial charge >= 0.3 is 0 Å². The van der Waals surface area contributed by atoms with Gasteiger partial charge in [0.1, 0.15) is 5.75 Å². The van der Waals surface area contributed by atoms with E-state index in [2.05, 4.69) is 58.7 Å². The van der Waals surface area contributed by atoms with Crippen LogP contribution in [0.2, 0.25) is 0 Å². The molecule has 158 valence electrons. The van der Waals surface area contributed by atoms with Crippen molar-refractivity contribution in [2.75, 3.05) is 33.3 Å². The largest absolute Gasteiger partial charge is 0.497 e. The molecule has 0 bridgehead atoms. The summed E-state index contributed by atoms with van der Waals surface area (Å²) in [6, 6.07) is 16.4. The van der Waals surface area contributed by atoms with E-state index in [1.165, 1.54) is 23.8 Å². The number of ether oxygens (including phenoxy) is 1. The number of piperidine rings is 1. The van der Waals surface area contributed by atoms with Gasteiger partial charge in [-0.2, -0.15) is 0 Å². The zero-order valence-electron chi connectivity index (χ0n) is 17.9. The zero-order chi connectivity index (χ0) is 20.9. The van der Waals surface area contributed by atoms with Crippen molar-refractivity contribution in [3.63, 3.8) is 0 Å². The van der Waals surface area contributed by atoms with Crippen LogP contribution >= 0.6 is 0 Å². The van der Waals surface area contributed by atoms with Crippen molar-refractivity contribution in [3.8, 4) is 5.75 Å². The summed E-state index contributed by atoms with van der Waals surface area (Å²) in [5.74, 6) is 1.77. The number of rotatable bonds is 7. The van der Waals surface area contributed by atoms with Gasteiger partial charge in [-0.1, -0.05) is 37.3 Å². The molecule has 1 aromatic heterocycles. The van der Waals surface area contributed by atoms with Crippen LogP contribution in [0.3, 0.4) is 0 Å². The van der Waals surface area contributed by atoms with E-state index in [0.717, 1.165) is 35.8 Å². The second-order valence-corrected chi connectivity index (χ2v) is 8.38. The minimum atomic E-state index is 0.0670. The van der Waals surface area contributed by atoms with Crippen molar-refractivity contribution in [1.29, 1.82) is 0 Å². The van der Waals surface area contributed by atoms with Crippen LogP contribution in [0.5, 0.6) is 5.75 Å². The summed E-state index contributed by atoms with van der Waals surface area (Å²) in [7, 11) is 1.67. The maximum Gasteiger partial charge on any atom is 0.234 e. The lowest BCUT2D eigenvalue weighted by Crippen LogP contribution is -2.42. The third kappa shape index (κ3) is 4.68. The molecule has 2 N–H and O–H groups in total. The fourth-order valence-corrected chi connectivity index (χ4v) is 4.32. The second-order valence-electron chi connectivity index (χ2n) is 8.38. The van der Waals surface area contributed by atoms with Crippen LogP contribution in [-0.2, 0) is 4.79 Å². The van der Waals surface area contributed by atoms with E-state index in [4.69, 9.17) is 4.74 Å². The zero-order valence-corrected chi connectivity index (χ0v) is 17.9. The molecule has 0 saturated carbocycles. The van der Waals surface area contributed by atoms with Crippen molar-refractivity contribution in [2.45, 2.75) is 25.7 Å². The number of hydrogen-bond acceptors (Lipinski definition) is 3. The Morgan fingerprint density at radius 2 is 1.90 bits per heavy atom. The number of carbonyl (C=O) groups is 1. The molecular weight excluding hydrogens is 374 g/mol. The molecule has 4 rings (SSSR count). The number of aromatic amines is 1. The average molecular weight is 406 g/mol. The standard InChI is InChI=1S/C25H31N3O2/c1-18-11-13-28(14-12-18)17-25(29)27-15-22(19-7-9-20(30-2)10-8-19)23-16-26-24-6-4-3-5-21(23)24/h3-10,16,18,22,26H,11-15,17H2,1-2H3,(H,27,29)/t22-/m1/s1. The number of likely N-dealkylation sites (tertiary alicyclic amines) is 1. The van der Waals surface area contributed by atoms with E-state index in [9.17, 15) is 4.79 Å². The molecule has 0 unspecified atom stereocenters. The third-order valence-corrected chi connectivity index (χ3v) is 6.26. The first-order valence-electron chi connectivity index (χ1n) is 10.8. The molecule has 1 aliphatic heterocycles. The predicted molar refractivity (Wildman–Crippen MR) is 121 cm³/mol. The molecule has 2 aromatic carbocycles. The first kappa shape index (κ1) is 20.5. The number of carbonyl (C=O) groups excluding carboxylic acids is 1. The number of hydrogen-bond donors (Lipinski definition) is 2. The Morgan fingerprint density at radius 1 is 1.17 bits per heavy atom. The van der Waals surface area contributed by atoms with Gasteiger partial charge in [-0.15, -0.1) is 0 Å². The summed E-state index contributed by atoms with van der Waals surface area (Å²) >= 11 is 0. The summed E-state index contributed by atoms with van der Waals surface area (Å²) in [6.07, 6.45) is 4.42. The van der Waals surface area contributed by atoms with Crippen LogP contribution in [0, 0.1) is 5.92 Å². The molecule has 1 saturated heterocycles. The van der Waals surface area contributed by atoms with Gasteiger partial charge in [0.25, 0.3) is 0 Å². The van der Waals surface area contributed by atoms with E-state index in [1.54, 1.807) is 7.11 Å². The summed E-state index contributed by atoms with van der Waals surface area (Å²) < 4.78 is 5.32. The number of amides is 1. The van der Waals surface area contributed by atoms with Gasteiger partial charge in [-0.25, -0.2) is 0 Å². The highest BCUT2D eigenvalue weighted by Crippen LogP contribution is 2.31. The van der Waals surface area contributed by atoms with Gasteiger partial charge in [-0.05, 0) is 61.2 Å². The van der Waals surface area contributed by atoms with Crippen LogP contribution in [0.4, 0.5) is 0 Å². The molecule has 5 nitrogen and oxygen atoms in total. The molecule has 0 spiro atoms. The van der Waals surface area contributed by atoms with Crippen molar-refractivity contribution in [3.05, 3.63) is 65.9 Å². The van der Waals surface area contributed by atoms with Crippen molar-refractivity contribution >= 4 is 16.8 Å². The van der Waals surface area contributed by atoms with Gasteiger partial charge in [0.05, 0.1) is 13.7 Å². The molecule has 1 amide bonds. The highest BCUT2D eigenvalue weighted by molar-refractivity contribution is 5.84. The molecule has 5 heteroatoms. The maximum atomic E-state index is 12.7. The number of benzene rings is 2. The monoisotopic (exact) mass is 405 g/mol. The Morgan fingerprint density at radius 3 is 2.63 bits per heavy atom. The topological polar surface area (TPSA) is 57.4 Å². The summed E-state index contributed by atoms with van der Waals surface area (Å²) in [5, 5.41) is 4.39. The molecule has 2 heterocycles. The minimum absolute atomic E-state index is 0.0670. The predicted octanol–water partition coefficient (Wildman–Crippen LogP) is 4.16. The Kier molecular flexibility index (Phi) is 6.38. The van der Waals surface area contributed by atoms with Gasteiger partial charge in [-0.3, -0.25) is 9.69 Å². The first-order valence-corrected chi connectivity index (χ1v) is 10.8. The fraction of sp³-hybridized carbons (Fsp3) is 0.400. The summed E-state index contributed by atoms with van der Waals surface area (Å²) in [6.45, 7) is 5.36. The van der Waals surface area contributed by atoms with E-state index >= 15 is 0 Å². The average Bonchev–Trinajstić information content (AvgIpc) is 3.20. The number of H-pyrrole nitrogens is 1. The highest BCUT2D eigenvalue weighted by Gasteiger charge is 2.21. The lowest BCUT2D eigenvalue weighted by Gasteiger charge is -2.29. The molecule has 3 aromatic rings. The molecule has 30 heavy (non-hydrogen) atoms. The number of nitrogens with one attached hydrogen (secondary N) is 2. The van der Waals surface area contributed by atoms with Gasteiger partial charge in [0.15, 0.2) is 0 Å². The SMILES string of the molecule is COc1ccc([C@@H](CNC(=O)CN2CCC(C)CC2)c2c[nH]c3ccccc23)cc1. The lowest BCUT2D eigenvalue weighted by atomic mass is 9.90. The maximum absolute atomic E-state index is 12.7. The first-order chi connectivity index (χ1) is 14.6. The summed E-state index contributed by atoms with van der Waals surface area (Å²) in [4.78, 5) is 18.3. The lowest BCUT2D eigenvalue weighted by molar-refractivity contribution is -0.122. The Balaban J connectivity index is 1.51. The molecule has 1 fully saturated rings. The molecule has 1 aliphatic rings. The van der Waals surface area contributed by atoms with Crippen LogP contribution in [0.1, 0.15) is 36.8 Å². The van der Waals surface area contributed by atoms with E-state index in [1.807, 2.05) is 18.2 Å². The van der Waals surface area contributed by atoms with Crippen molar-refractivity contribution < 1.29 is 9.53 Å². The number of methoxy groups -OCH3 is 1. The van der Waals surface area contributed by atoms with E-state index in [0.29, 0.717) is 13.1 Å². The summed E-state index contributed by atoms with van der Waals surface area (Å²) in [5.41, 5.74) is 3.47. The van der Waals surface area contributed by atoms with Crippen LogP contribution in [0.15, 0.2) is 54.7 Å². The van der Waals surface area contributed by atoms with Crippen molar-refractivity contribution in [2.24, 2.45) is 5.92 Å². The second kappa shape index (κ2) is 9.35. The Labute approximate surface area is 178 Å². The van der Waals surface area contributed by atoms with Gasteiger partial charge < -0.3 is 15.0 Å². The number of para-hydroxylation sites is 1. The van der Waals surface area contributed by atoms with Crippen molar-refractivity contribution in [1.82, 2.24) is 15.2 Å². The quantitative estimate of drug-likeness (QED) is 0.621. The Hall–Kier alpha value is -2.79. The van der Waals surface area contributed by atoms with Crippen LogP contribution in [-0.4, -0.2) is 49.1 Å². The smallest absolute Gasteiger partial charge is 0.234 e. The minimum Gasteiger partial charge on any atom is -0.497 e. The number of aromatic nitrogens is 1.